The van der Waals surface area contributed by atoms with Gasteiger partial charge in [-0.25, -0.2) is 4.79 Å². The molecule has 1 saturated heterocycles. The van der Waals surface area contributed by atoms with Crippen LogP contribution in [-0.4, -0.2) is 64.1 Å². The van der Waals surface area contributed by atoms with E-state index in [0.29, 0.717) is 19.6 Å². The lowest BCUT2D eigenvalue weighted by molar-refractivity contribution is 0.0527. The number of guanidine groups is 1. The molecule has 1 amide bonds. The molecule has 0 unspecified atom stereocenters. The number of nitrogens with zero attached hydrogens (tertiary/aromatic N) is 2. The molecular formula is C21H36IN5O3. The molecular weight excluding hydrogens is 497 g/mol. The fourth-order valence-corrected chi connectivity index (χ4v) is 2.85. The van der Waals surface area contributed by atoms with Crippen LogP contribution in [-0.2, 0) is 16.0 Å². The summed E-state index contributed by atoms with van der Waals surface area (Å²) >= 11 is 0. The van der Waals surface area contributed by atoms with Crippen molar-refractivity contribution in [2.45, 2.75) is 39.3 Å². The molecule has 0 aromatic heterocycles. The molecule has 1 aliphatic rings. The maximum absolute atomic E-state index is 11.6. The van der Waals surface area contributed by atoms with E-state index in [0.717, 1.165) is 38.7 Å². The predicted molar refractivity (Wildman–Crippen MR) is 132 cm³/mol. The summed E-state index contributed by atoms with van der Waals surface area (Å²) < 4.78 is 10.6. The first-order chi connectivity index (χ1) is 13.9. The Labute approximate surface area is 197 Å². The highest BCUT2D eigenvalue weighted by Crippen LogP contribution is 2.16. The molecule has 3 N–H and O–H groups in total. The normalized spacial score (nSPS) is 14.5. The Morgan fingerprint density at radius 1 is 1.10 bits per heavy atom. The van der Waals surface area contributed by atoms with Crippen LogP contribution < -0.4 is 20.9 Å². The molecule has 30 heavy (non-hydrogen) atoms. The molecule has 0 atom stereocenters. The Bertz CT molecular complexity index is 656. The number of alkyl carbamates (subject to hydrolysis) is 1. The largest absolute Gasteiger partial charge is 0.444 e. The summed E-state index contributed by atoms with van der Waals surface area (Å²) in [5.41, 5.74) is 1.95. The minimum atomic E-state index is -0.477. The first kappa shape index (κ1) is 26.3. The fourth-order valence-electron chi connectivity index (χ4n) is 2.85. The standard InChI is InChI=1S/C21H35N5O3.HI/c1-21(2,3)29-20(27)24-11-5-10-23-19(22-4)25-16-17-6-8-18(9-7-17)26-12-14-28-15-13-26;/h6-9H,5,10-16H2,1-4H3,(H,24,27)(H2,22,23,25);1H. The SMILES string of the molecule is CN=C(NCCCNC(=O)OC(C)(C)C)NCc1ccc(N2CCOCC2)cc1.I. The van der Waals surface area contributed by atoms with Crippen molar-refractivity contribution in [2.75, 3.05) is 51.3 Å². The third-order valence-electron chi connectivity index (χ3n) is 4.31. The van der Waals surface area contributed by atoms with Crippen LogP contribution in [0, 0.1) is 0 Å². The molecule has 1 fully saturated rings. The Balaban J connectivity index is 0.00000450. The van der Waals surface area contributed by atoms with Crippen molar-refractivity contribution in [3.8, 4) is 0 Å². The highest BCUT2D eigenvalue weighted by Gasteiger charge is 2.15. The molecule has 9 heteroatoms. The smallest absolute Gasteiger partial charge is 0.407 e. The Morgan fingerprint density at radius 3 is 2.33 bits per heavy atom. The topological polar surface area (TPSA) is 87.2 Å². The summed E-state index contributed by atoms with van der Waals surface area (Å²) in [4.78, 5) is 18.2. The van der Waals surface area contributed by atoms with Gasteiger partial charge in [0.05, 0.1) is 13.2 Å². The Hall–Kier alpha value is -1.75. The van der Waals surface area contributed by atoms with Gasteiger partial charge in [0, 0.05) is 45.5 Å². The van der Waals surface area contributed by atoms with Crippen LogP contribution in [0.4, 0.5) is 10.5 Å². The maximum Gasteiger partial charge on any atom is 0.407 e. The van der Waals surface area contributed by atoms with Crippen LogP contribution in [0.2, 0.25) is 0 Å². The third kappa shape index (κ3) is 10.3. The first-order valence-electron chi connectivity index (χ1n) is 10.2. The Kier molecular flexibility index (Phi) is 11.9. The number of anilines is 1. The van der Waals surface area contributed by atoms with Crippen LogP contribution in [0.1, 0.15) is 32.8 Å². The van der Waals surface area contributed by atoms with Crippen molar-refractivity contribution in [2.24, 2.45) is 4.99 Å². The molecule has 0 saturated carbocycles. The second-order valence-electron chi connectivity index (χ2n) is 7.90. The lowest BCUT2D eigenvalue weighted by Crippen LogP contribution is -2.39. The zero-order valence-electron chi connectivity index (χ0n) is 18.5. The van der Waals surface area contributed by atoms with Crippen molar-refractivity contribution in [3.05, 3.63) is 29.8 Å². The summed E-state index contributed by atoms with van der Waals surface area (Å²) in [6.07, 6.45) is 0.384. The average molecular weight is 533 g/mol. The molecule has 1 aliphatic heterocycles. The van der Waals surface area contributed by atoms with Crippen molar-refractivity contribution in [3.63, 3.8) is 0 Å². The number of rotatable bonds is 7. The lowest BCUT2D eigenvalue weighted by atomic mass is 10.2. The van der Waals surface area contributed by atoms with Crippen molar-refractivity contribution in [1.29, 1.82) is 0 Å². The number of carbonyl (C=O) groups excluding carboxylic acids is 1. The number of ether oxygens (including phenoxy) is 2. The van der Waals surface area contributed by atoms with Gasteiger partial charge in [0.25, 0.3) is 0 Å². The van der Waals surface area contributed by atoms with Crippen molar-refractivity contribution >= 4 is 41.7 Å². The van der Waals surface area contributed by atoms with Gasteiger partial charge >= 0.3 is 6.09 Å². The van der Waals surface area contributed by atoms with E-state index >= 15 is 0 Å². The van der Waals surface area contributed by atoms with E-state index in [1.54, 1.807) is 7.05 Å². The summed E-state index contributed by atoms with van der Waals surface area (Å²) in [6, 6.07) is 8.58. The second-order valence-corrected chi connectivity index (χ2v) is 7.90. The van der Waals surface area contributed by atoms with Gasteiger partial charge in [-0.05, 0) is 44.9 Å². The summed E-state index contributed by atoms with van der Waals surface area (Å²) in [5.74, 6) is 0.736. The molecule has 0 bridgehead atoms. The van der Waals surface area contributed by atoms with Crippen LogP contribution in [0.25, 0.3) is 0 Å². The summed E-state index contributed by atoms with van der Waals surface area (Å²) in [6.45, 7) is 10.9. The third-order valence-corrected chi connectivity index (χ3v) is 4.31. The molecule has 8 nitrogen and oxygen atoms in total. The fraction of sp³-hybridized carbons (Fsp3) is 0.619. The van der Waals surface area contributed by atoms with Gasteiger partial charge in [0.2, 0.25) is 0 Å². The van der Waals surface area contributed by atoms with Gasteiger partial charge in [-0.3, -0.25) is 4.99 Å². The predicted octanol–water partition coefficient (Wildman–Crippen LogP) is 2.72. The molecule has 1 aromatic carbocycles. The van der Waals surface area contributed by atoms with Crippen LogP contribution in [0.3, 0.4) is 0 Å². The van der Waals surface area contributed by atoms with Gasteiger partial charge in [-0.1, -0.05) is 12.1 Å². The average Bonchev–Trinajstić information content (AvgIpc) is 2.70. The van der Waals surface area contributed by atoms with E-state index in [-0.39, 0.29) is 30.1 Å². The van der Waals surface area contributed by atoms with E-state index in [4.69, 9.17) is 9.47 Å². The number of halogens is 1. The monoisotopic (exact) mass is 533 g/mol. The molecule has 0 spiro atoms. The number of nitrogens with one attached hydrogen (secondary N) is 3. The minimum Gasteiger partial charge on any atom is -0.444 e. The molecule has 0 radical (unpaired) electrons. The highest BCUT2D eigenvalue weighted by atomic mass is 127. The highest BCUT2D eigenvalue weighted by molar-refractivity contribution is 14.0. The molecule has 1 heterocycles. The van der Waals surface area contributed by atoms with Gasteiger partial charge in [0.1, 0.15) is 5.60 Å². The summed E-state index contributed by atoms with van der Waals surface area (Å²) in [7, 11) is 1.75. The number of hydrogen-bond donors (Lipinski definition) is 3. The number of amides is 1. The van der Waals surface area contributed by atoms with Crippen molar-refractivity contribution < 1.29 is 14.3 Å². The van der Waals surface area contributed by atoms with E-state index in [9.17, 15) is 4.79 Å². The van der Waals surface area contributed by atoms with Gasteiger partial charge in [-0.15, -0.1) is 24.0 Å². The zero-order chi connectivity index (χ0) is 21.1. The first-order valence-corrected chi connectivity index (χ1v) is 10.2. The summed E-state index contributed by atoms with van der Waals surface area (Å²) in [5, 5.41) is 9.31. The Morgan fingerprint density at radius 2 is 1.73 bits per heavy atom. The molecule has 170 valence electrons. The number of carbonyl (C=O) groups is 1. The number of aliphatic imine (C=N–C) groups is 1. The number of morpholine rings is 1. The minimum absolute atomic E-state index is 0. The molecule has 0 aliphatic carbocycles. The second kappa shape index (κ2) is 13.5. The van der Waals surface area contributed by atoms with E-state index in [1.807, 2.05) is 20.8 Å². The van der Waals surface area contributed by atoms with Gasteiger partial charge in [-0.2, -0.15) is 0 Å². The van der Waals surface area contributed by atoms with E-state index < -0.39 is 5.60 Å². The lowest BCUT2D eigenvalue weighted by Gasteiger charge is -2.28. The maximum atomic E-state index is 11.6. The van der Waals surface area contributed by atoms with Crippen molar-refractivity contribution in [1.82, 2.24) is 16.0 Å². The molecule has 2 rings (SSSR count). The van der Waals surface area contributed by atoms with Crippen LogP contribution in [0.5, 0.6) is 0 Å². The van der Waals surface area contributed by atoms with Gasteiger partial charge in [0.15, 0.2) is 5.96 Å². The van der Waals surface area contributed by atoms with Gasteiger partial charge < -0.3 is 30.3 Å². The van der Waals surface area contributed by atoms with E-state index in [2.05, 4.69) is 50.1 Å². The molecule has 1 aromatic rings. The number of hydrogen-bond acceptors (Lipinski definition) is 5. The number of benzene rings is 1. The quantitative estimate of drug-likeness (QED) is 0.216. The van der Waals surface area contributed by atoms with E-state index in [1.165, 1.54) is 11.3 Å². The van der Waals surface area contributed by atoms with Crippen LogP contribution >= 0.6 is 24.0 Å². The van der Waals surface area contributed by atoms with Crippen LogP contribution in [0.15, 0.2) is 29.3 Å². The zero-order valence-corrected chi connectivity index (χ0v) is 20.8.